The number of isothiocyanates is 1. The van der Waals surface area contributed by atoms with Gasteiger partial charge in [0.2, 0.25) is 6.41 Å². The fourth-order valence-electron chi connectivity index (χ4n) is 6.36. The molecular weight excluding hydrogens is 408 g/mol. The molecule has 164 valence electrons. The molecule has 3 fully saturated rings. The molecule has 2 aliphatic carbocycles. The second-order valence-electron chi connectivity index (χ2n) is 10.6. The fourth-order valence-corrected chi connectivity index (χ4v) is 6.72. The molecule has 2 N–H and O–H groups in total. The maximum atomic E-state index is 11.5. The number of carbonyl (C=O) groups excluding carboxylic acids is 1. The van der Waals surface area contributed by atoms with Gasteiger partial charge >= 0.3 is 0 Å². The SMILES string of the molecule is CC(C)(Cl)[C@@H]1CC[C@](C)([C@H]2CC[C@](C)(N=C=S)[C@H]3CC[C@](C)(NC=O)[C@@H](O)[C@H]23)O1. The Hall–Kier alpha value is -0.520. The standard InChI is InChI=1S/C22H35ClN2O3S/c1-19(2,23)16-8-11-22(5,28-16)15-7-9-20(3,25-13-29)14-6-10-21(4,24-12-26)18(27)17(14)15/h12,14-18,27H,6-11H2,1-5H3,(H,24,26)/t14-,15-,16-,17-,18-,20-,21-,22+/m0/s1. The van der Waals surface area contributed by atoms with Gasteiger partial charge in [-0.1, -0.05) is 0 Å². The summed E-state index contributed by atoms with van der Waals surface area (Å²) in [6.45, 7) is 10.2. The lowest BCUT2D eigenvalue weighted by Gasteiger charge is -2.58. The van der Waals surface area contributed by atoms with E-state index in [2.05, 4.69) is 29.3 Å². The van der Waals surface area contributed by atoms with Crippen molar-refractivity contribution < 1.29 is 14.6 Å². The Morgan fingerprint density at radius 3 is 2.41 bits per heavy atom. The smallest absolute Gasteiger partial charge is 0.207 e. The molecule has 1 aliphatic heterocycles. The first kappa shape index (κ1) is 23.1. The first-order valence-corrected chi connectivity index (χ1v) is 11.5. The molecule has 2 saturated carbocycles. The van der Waals surface area contributed by atoms with E-state index < -0.39 is 16.5 Å². The van der Waals surface area contributed by atoms with Crippen LogP contribution in [0, 0.1) is 17.8 Å². The number of nitrogens with one attached hydrogen (secondary N) is 1. The molecule has 0 radical (unpaired) electrons. The van der Waals surface area contributed by atoms with Crippen molar-refractivity contribution in [1.29, 1.82) is 0 Å². The number of alkyl halides is 1. The second kappa shape index (κ2) is 7.87. The molecule has 0 unspecified atom stereocenters. The first-order valence-electron chi connectivity index (χ1n) is 10.8. The first-order chi connectivity index (χ1) is 13.4. The Morgan fingerprint density at radius 2 is 1.86 bits per heavy atom. The van der Waals surface area contributed by atoms with Crippen molar-refractivity contribution in [1.82, 2.24) is 5.32 Å². The zero-order chi connectivity index (χ0) is 21.7. The molecule has 29 heavy (non-hydrogen) atoms. The number of carbonyl (C=O) groups is 1. The highest BCUT2D eigenvalue weighted by atomic mass is 35.5. The van der Waals surface area contributed by atoms with Gasteiger partial charge in [-0.2, -0.15) is 0 Å². The van der Waals surface area contributed by atoms with Gasteiger partial charge in [0.15, 0.2) is 0 Å². The average Bonchev–Trinajstić information content (AvgIpc) is 3.03. The molecule has 0 spiro atoms. The number of aliphatic hydroxyl groups excluding tert-OH is 1. The van der Waals surface area contributed by atoms with Crippen molar-refractivity contribution in [3.63, 3.8) is 0 Å². The molecule has 0 aromatic rings. The molecule has 7 heteroatoms. The number of hydrogen-bond donors (Lipinski definition) is 2. The van der Waals surface area contributed by atoms with E-state index in [0.717, 1.165) is 32.1 Å². The number of aliphatic imine (C=N–C) groups is 1. The van der Waals surface area contributed by atoms with Gasteiger partial charge in [-0.15, -0.1) is 11.6 Å². The van der Waals surface area contributed by atoms with E-state index in [1.807, 2.05) is 20.8 Å². The summed E-state index contributed by atoms with van der Waals surface area (Å²) >= 11 is 11.5. The van der Waals surface area contributed by atoms with E-state index >= 15 is 0 Å². The zero-order valence-electron chi connectivity index (χ0n) is 18.2. The van der Waals surface area contributed by atoms with Gasteiger partial charge in [0, 0.05) is 0 Å². The molecule has 3 rings (SSSR count). The van der Waals surface area contributed by atoms with E-state index in [9.17, 15) is 9.90 Å². The van der Waals surface area contributed by atoms with Gasteiger partial charge in [-0.3, -0.25) is 4.79 Å². The third-order valence-electron chi connectivity index (χ3n) is 8.24. The van der Waals surface area contributed by atoms with Crippen molar-refractivity contribution in [3.05, 3.63) is 0 Å². The predicted octanol–water partition coefficient (Wildman–Crippen LogP) is 4.10. The Balaban J connectivity index is 1.98. The molecule has 3 aliphatic rings. The molecular formula is C22H35ClN2O3S. The number of fused-ring (bicyclic) bond motifs is 1. The van der Waals surface area contributed by atoms with Crippen molar-refractivity contribution >= 4 is 35.4 Å². The highest BCUT2D eigenvalue weighted by Crippen LogP contribution is 2.58. The normalized spacial score (nSPS) is 47.8. The quantitative estimate of drug-likeness (QED) is 0.291. The maximum Gasteiger partial charge on any atom is 0.207 e. The minimum atomic E-state index is -0.681. The Morgan fingerprint density at radius 1 is 1.21 bits per heavy atom. The van der Waals surface area contributed by atoms with Crippen LogP contribution in [0.25, 0.3) is 0 Å². The van der Waals surface area contributed by atoms with Crippen LogP contribution in [0.2, 0.25) is 0 Å². The lowest BCUT2D eigenvalue weighted by molar-refractivity contribution is -0.168. The molecule has 0 aromatic carbocycles. The van der Waals surface area contributed by atoms with Crippen LogP contribution in [0.3, 0.4) is 0 Å². The fraction of sp³-hybridized carbons (Fsp3) is 0.909. The summed E-state index contributed by atoms with van der Waals surface area (Å²) in [7, 11) is 0. The Bertz CT molecular complexity index is 694. The number of amides is 1. The number of halogens is 1. The van der Waals surface area contributed by atoms with Crippen LogP contribution in [0.4, 0.5) is 0 Å². The van der Waals surface area contributed by atoms with Gasteiger partial charge < -0.3 is 15.2 Å². The number of ether oxygens (including phenoxy) is 1. The topological polar surface area (TPSA) is 70.9 Å². The number of nitrogens with zero attached hydrogens (tertiary/aromatic N) is 1. The third-order valence-corrected chi connectivity index (χ3v) is 8.57. The number of hydrogen-bond acceptors (Lipinski definition) is 5. The van der Waals surface area contributed by atoms with Crippen molar-refractivity contribution in [2.75, 3.05) is 0 Å². The lowest BCUT2D eigenvalue weighted by atomic mass is 9.51. The molecule has 8 atom stereocenters. The molecule has 0 aromatic heterocycles. The van der Waals surface area contributed by atoms with Gasteiger partial charge in [0.05, 0.1) is 38.9 Å². The van der Waals surface area contributed by atoms with Gasteiger partial charge in [0.25, 0.3) is 0 Å². The van der Waals surface area contributed by atoms with E-state index in [4.69, 9.17) is 28.6 Å². The van der Waals surface area contributed by atoms with Gasteiger partial charge in [-0.25, -0.2) is 4.99 Å². The average molecular weight is 443 g/mol. The van der Waals surface area contributed by atoms with Crippen molar-refractivity contribution in [2.45, 2.75) is 107 Å². The largest absolute Gasteiger partial charge is 0.390 e. The molecule has 1 heterocycles. The monoisotopic (exact) mass is 442 g/mol. The second-order valence-corrected chi connectivity index (χ2v) is 11.7. The summed E-state index contributed by atoms with van der Waals surface area (Å²) in [6.07, 6.45) is 5.19. The minimum Gasteiger partial charge on any atom is -0.390 e. The number of thiocarbonyl (C=S) groups is 1. The Labute approximate surface area is 185 Å². The highest BCUT2D eigenvalue weighted by Gasteiger charge is 2.61. The van der Waals surface area contributed by atoms with Crippen LogP contribution in [-0.4, -0.2) is 50.4 Å². The van der Waals surface area contributed by atoms with E-state index in [0.29, 0.717) is 12.8 Å². The van der Waals surface area contributed by atoms with Crippen LogP contribution >= 0.6 is 23.8 Å². The Kier molecular flexibility index (Phi) is 6.28. The van der Waals surface area contributed by atoms with Crippen molar-refractivity contribution in [2.24, 2.45) is 22.7 Å². The summed E-state index contributed by atoms with van der Waals surface area (Å²) < 4.78 is 6.61. The summed E-state index contributed by atoms with van der Waals surface area (Å²) in [4.78, 5) is 15.4. The third kappa shape index (κ3) is 4.04. The van der Waals surface area contributed by atoms with Crippen LogP contribution < -0.4 is 5.32 Å². The highest BCUT2D eigenvalue weighted by molar-refractivity contribution is 7.78. The summed E-state index contributed by atoms with van der Waals surface area (Å²) in [5.41, 5.74) is -1.35. The lowest BCUT2D eigenvalue weighted by Crippen LogP contribution is -2.66. The maximum absolute atomic E-state index is 11.5. The molecule has 1 amide bonds. The van der Waals surface area contributed by atoms with Crippen LogP contribution in [0.5, 0.6) is 0 Å². The van der Waals surface area contributed by atoms with E-state index in [1.165, 1.54) is 0 Å². The van der Waals surface area contributed by atoms with Crippen LogP contribution in [0.1, 0.15) is 73.1 Å². The zero-order valence-corrected chi connectivity index (χ0v) is 19.8. The van der Waals surface area contributed by atoms with E-state index in [-0.39, 0.29) is 35.0 Å². The van der Waals surface area contributed by atoms with Crippen LogP contribution in [0.15, 0.2) is 4.99 Å². The van der Waals surface area contributed by atoms with Gasteiger partial charge in [0.1, 0.15) is 0 Å². The summed E-state index contributed by atoms with van der Waals surface area (Å²) in [5, 5.41) is 17.0. The minimum absolute atomic E-state index is 0.0138. The van der Waals surface area contributed by atoms with E-state index in [1.54, 1.807) is 0 Å². The molecule has 5 nitrogen and oxygen atoms in total. The summed E-state index contributed by atoms with van der Waals surface area (Å²) in [5.74, 6) is 0.277. The number of rotatable bonds is 5. The van der Waals surface area contributed by atoms with Gasteiger partial charge in [-0.05, 0) is 103 Å². The van der Waals surface area contributed by atoms with Crippen LogP contribution in [-0.2, 0) is 9.53 Å². The summed E-state index contributed by atoms with van der Waals surface area (Å²) in [6, 6.07) is 0. The van der Waals surface area contributed by atoms with Crippen molar-refractivity contribution in [3.8, 4) is 0 Å². The molecule has 1 saturated heterocycles. The number of aliphatic hydroxyl groups is 1. The predicted molar refractivity (Wildman–Crippen MR) is 118 cm³/mol. The molecule has 0 bridgehead atoms.